The fraction of sp³-hybridized carbons (Fsp3) is 0.718. The number of rotatable bonds is 3. The molecular weight excluding hydrogens is 516 g/mol. The second-order valence-corrected chi connectivity index (χ2v) is 17.6. The number of hydrogen-bond acceptors (Lipinski definition) is 3. The average Bonchev–Trinajstić information content (AvgIpc) is 2.90. The molecule has 0 heterocycles. The summed E-state index contributed by atoms with van der Waals surface area (Å²) >= 11 is 0. The topological polar surface area (TPSA) is 46.5 Å². The van der Waals surface area contributed by atoms with Gasteiger partial charge in [-0.05, 0) is 133 Å². The summed E-state index contributed by atoms with van der Waals surface area (Å²) in [7, 11) is 0. The van der Waals surface area contributed by atoms with E-state index in [0.29, 0.717) is 28.1 Å². The van der Waals surface area contributed by atoms with Gasteiger partial charge in [-0.2, -0.15) is 0 Å². The number of benzene rings is 1. The zero-order valence-corrected chi connectivity index (χ0v) is 27.7. The van der Waals surface area contributed by atoms with Crippen molar-refractivity contribution in [2.24, 2.45) is 50.2 Å². The van der Waals surface area contributed by atoms with E-state index in [1.54, 1.807) is 36.4 Å². The highest BCUT2D eigenvalue weighted by atomic mass is 16.5. The van der Waals surface area contributed by atoms with Gasteiger partial charge < -0.3 is 9.84 Å². The maximum absolute atomic E-state index is 13.0. The minimum absolute atomic E-state index is 0.0650. The Morgan fingerprint density at radius 1 is 0.810 bits per heavy atom. The second-order valence-electron chi connectivity index (χ2n) is 17.6. The molecule has 230 valence electrons. The standard InChI is InChI=1S/C39H56O3/c1-34(2)23-24-36(5)19-15-29-38(7)20-16-28-35(3,4)32(42-33(41)14-11-26-9-12-27(40)13-10-26)18-22-37(28,6)30(38)17-21-39(29,8)31(36)25-34/h9-15,28,30-32,40H,16-25H2,1-8H3/b14-11+/t28-,30+,31+,32+,36-,37-,38-,39+/m0/s1. The number of carbonyl (C=O) groups excluding carboxylic acids is 1. The van der Waals surface area contributed by atoms with Crippen molar-refractivity contribution in [3.05, 3.63) is 47.6 Å². The lowest BCUT2D eigenvalue weighted by atomic mass is 9.34. The largest absolute Gasteiger partial charge is 0.508 e. The van der Waals surface area contributed by atoms with Crippen molar-refractivity contribution in [3.8, 4) is 5.75 Å². The first-order valence-electron chi connectivity index (χ1n) is 16.9. The number of aromatic hydroxyl groups is 1. The highest BCUT2D eigenvalue weighted by molar-refractivity contribution is 5.87. The van der Waals surface area contributed by atoms with Crippen LogP contribution < -0.4 is 0 Å². The first-order valence-corrected chi connectivity index (χ1v) is 16.9. The molecular formula is C39H56O3. The summed E-state index contributed by atoms with van der Waals surface area (Å²) in [6.45, 7) is 20.3. The molecule has 1 aromatic carbocycles. The molecule has 3 heteroatoms. The van der Waals surface area contributed by atoms with E-state index in [0.717, 1.165) is 24.3 Å². The smallest absolute Gasteiger partial charge is 0.331 e. The van der Waals surface area contributed by atoms with E-state index in [-0.39, 0.29) is 34.1 Å². The fourth-order valence-corrected chi connectivity index (χ4v) is 12.0. The van der Waals surface area contributed by atoms with Gasteiger partial charge in [0.15, 0.2) is 0 Å². The Morgan fingerprint density at radius 3 is 2.14 bits per heavy atom. The van der Waals surface area contributed by atoms with Crippen molar-refractivity contribution in [1.29, 1.82) is 0 Å². The summed E-state index contributed by atoms with van der Waals surface area (Å²) < 4.78 is 6.21. The van der Waals surface area contributed by atoms with Crippen molar-refractivity contribution in [2.45, 2.75) is 126 Å². The molecule has 1 aromatic rings. The minimum Gasteiger partial charge on any atom is -0.508 e. The number of esters is 1. The van der Waals surface area contributed by atoms with Crippen LogP contribution in [0.5, 0.6) is 5.75 Å². The fourth-order valence-electron chi connectivity index (χ4n) is 12.0. The minimum atomic E-state index is -0.260. The quantitative estimate of drug-likeness (QED) is 0.223. The number of ether oxygens (including phenoxy) is 1. The van der Waals surface area contributed by atoms with Gasteiger partial charge in [0.2, 0.25) is 0 Å². The number of hydrogen-bond donors (Lipinski definition) is 1. The lowest BCUT2D eigenvalue weighted by molar-refractivity contribution is -0.197. The van der Waals surface area contributed by atoms with Crippen LogP contribution in [0, 0.1) is 50.2 Å². The van der Waals surface area contributed by atoms with Crippen LogP contribution in [0.15, 0.2) is 42.0 Å². The molecule has 1 N–H and O–H groups in total. The van der Waals surface area contributed by atoms with Crippen LogP contribution in [-0.4, -0.2) is 17.2 Å². The number of phenolic OH excluding ortho intramolecular Hbond substituents is 1. The van der Waals surface area contributed by atoms with Crippen molar-refractivity contribution in [3.63, 3.8) is 0 Å². The SMILES string of the molecule is CC1(C)CC[C@]2(C)CC=C3[C@]4(C)CC[C@H]5C(C)(C)[C@H](OC(=O)/C=C/c6ccc(O)cc6)CC[C@]5(C)[C@H]4CC[C@@]3(C)[C@@H]2C1. The number of fused-ring (bicyclic) bond motifs is 7. The van der Waals surface area contributed by atoms with Crippen molar-refractivity contribution in [2.75, 3.05) is 0 Å². The Kier molecular flexibility index (Phi) is 6.96. The third-order valence-corrected chi connectivity index (χ3v) is 14.2. The molecule has 6 rings (SSSR count). The Morgan fingerprint density at radius 2 is 1.45 bits per heavy atom. The maximum atomic E-state index is 13.0. The zero-order chi connectivity index (χ0) is 30.3. The molecule has 0 amide bonds. The Balaban J connectivity index is 1.23. The zero-order valence-electron chi connectivity index (χ0n) is 27.7. The summed E-state index contributed by atoms with van der Waals surface area (Å²) in [6, 6.07) is 6.89. The molecule has 4 saturated carbocycles. The van der Waals surface area contributed by atoms with E-state index in [1.165, 1.54) is 51.4 Å². The van der Waals surface area contributed by atoms with Gasteiger partial charge in [0.05, 0.1) is 0 Å². The van der Waals surface area contributed by atoms with Gasteiger partial charge in [-0.3, -0.25) is 0 Å². The predicted molar refractivity (Wildman–Crippen MR) is 172 cm³/mol. The molecule has 5 aliphatic carbocycles. The lowest BCUT2D eigenvalue weighted by Crippen LogP contribution is -2.63. The van der Waals surface area contributed by atoms with Gasteiger partial charge in [0.25, 0.3) is 0 Å². The van der Waals surface area contributed by atoms with Crippen LogP contribution in [0.2, 0.25) is 0 Å². The van der Waals surface area contributed by atoms with Gasteiger partial charge in [-0.15, -0.1) is 0 Å². The van der Waals surface area contributed by atoms with Crippen molar-refractivity contribution in [1.82, 2.24) is 0 Å². The first-order chi connectivity index (χ1) is 19.5. The highest BCUT2D eigenvalue weighted by Crippen LogP contribution is 2.75. The van der Waals surface area contributed by atoms with E-state index in [4.69, 9.17) is 4.74 Å². The normalized spacial score (nSPS) is 43.8. The van der Waals surface area contributed by atoms with Crippen LogP contribution in [0.25, 0.3) is 6.08 Å². The van der Waals surface area contributed by atoms with E-state index in [1.807, 2.05) is 5.57 Å². The molecule has 0 radical (unpaired) electrons. The summed E-state index contributed by atoms with van der Waals surface area (Å²) in [4.78, 5) is 13.0. The van der Waals surface area contributed by atoms with Crippen LogP contribution in [0.3, 0.4) is 0 Å². The number of allylic oxidation sites excluding steroid dienone is 2. The van der Waals surface area contributed by atoms with Crippen LogP contribution in [0.4, 0.5) is 0 Å². The lowest BCUT2D eigenvalue weighted by Gasteiger charge is -2.70. The van der Waals surface area contributed by atoms with E-state index in [2.05, 4.69) is 61.5 Å². The highest BCUT2D eigenvalue weighted by Gasteiger charge is 2.67. The summed E-state index contributed by atoms with van der Waals surface area (Å²) in [5.41, 5.74) is 4.41. The van der Waals surface area contributed by atoms with Gasteiger partial charge in [-0.25, -0.2) is 4.79 Å². The van der Waals surface area contributed by atoms with Crippen LogP contribution >= 0.6 is 0 Å². The van der Waals surface area contributed by atoms with Crippen LogP contribution in [-0.2, 0) is 9.53 Å². The monoisotopic (exact) mass is 572 g/mol. The molecule has 0 bridgehead atoms. The Hall–Kier alpha value is -2.03. The molecule has 0 unspecified atom stereocenters. The number of phenols is 1. The Labute approximate surface area is 255 Å². The number of carbonyl (C=O) groups is 1. The van der Waals surface area contributed by atoms with Crippen molar-refractivity contribution < 1.29 is 14.6 Å². The molecule has 0 saturated heterocycles. The van der Waals surface area contributed by atoms with E-state index < -0.39 is 0 Å². The molecule has 42 heavy (non-hydrogen) atoms. The molecule has 8 atom stereocenters. The second kappa shape index (κ2) is 9.73. The van der Waals surface area contributed by atoms with Crippen LogP contribution in [0.1, 0.15) is 125 Å². The first kappa shape index (κ1) is 30.0. The molecule has 3 nitrogen and oxygen atoms in total. The Bertz CT molecular complexity index is 1280. The van der Waals surface area contributed by atoms with E-state index in [9.17, 15) is 9.90 Å². The molecule has 0 aliphatic heterocycles. The third kappa shape index (κ3) is 4.54. The van der Waals surface area contributed by atoms with Gasteiger partial charge in [0.1, 0.15) is 11.9 Å². The van der Waals surface area contributed by atoms with Gasteiger partial charge in [-0.1, -0.05) is 79.2 Å². The van der Waals surface area contributed by atoms with E-state index >= 15 is 0 Å². The summed E-state index contributed by atoms with van der Waals surface area (Å²) in [5.74, 6) is 1.99. The third-order valence-electron chi connectivity index (χ3n) is 14.2. The summed E-state index contributed by atoms with van der Waals surface area (Å²) in [5, 5.41) is 9.54. The molecule has 0 aromatic heterocycles. The molecule has 5 aliphatic rings. The van der Waals surface area contributed by atoms with Gasteiger partial charge in [0, 0.05) is 11.5 Å². The molecule has 0 spiro atoms. The molecule has 4 fully saturated rings. The summed E-state index contributed by atoms with van der Waals surface area (Å²) in [6.07, 6.45) is 18.6. The predicted octanol–water partition coefficient (Wildman–Crippen LogP) is 10.1. The average molecular weight is 573 g/mol. The van der Waals surface area contributed by atoms with Gasteiger partial charge >= 0.3 is 5.97 Å². The van der Waals surface area contributed by atoms with Crippen molar-refractivity contribution >= 4 is 12.0 Å². The maximum Gasteiger partial charge on any atom is 0.331 e.